The maximum absolute atomic E-state index is 12.7. The van der Waals surface area contributed by atoms with Crippen LogP contribution in [0, 0.1) is 6.92 Å². The molecule has 31 heavy (non-hydrogen) atoms. The van der Waals surface area contributed by atoms with Crippen molar-refractivity contribution in [3.05, 3.63) is 60.4 Å². The van der Waals surface area contributed by atoms with Crippen molar-refractivity contribution < 1.29 is 13.2 Å². The van der Waals surface area contributed by atoms with Crippen LogP contribution < -0.4 is 5.32 Å². The molecule has 0 spiro atoms. The van der Waals surface area contributed by atoms with Gasteiger partial charge in [-0.3, -0.25) is 4.79 Å². The predicted molar refractivity (Wildman–Crippen MR) is 114 cm³/mol. The fraction of sp³-hybridized carbons (Fsp3) is 0.300. The monoisotopic (exact) mass is 441 g/mol. The first-order valence-corrected chi connectivity index (χ1v) is 11.3. The standard InChI is InChI=1S/C20H23N7O3S/c1-16-13-17(7-8-19(16)27-15-22-23-24-27)21-14-20(28)25-9-11-26(12-10-25)31(29,30)18-5-3-2-4-6-18/h2-8,13,15,21H,9-12,14H2,1H3. The largest absolute Gasteiger partial charge is 0.376 e. The van der Waals surface area contributed by atoms with E-state index in [9.17, 15) is 13.2 Å². The lowest BCUT2D eigenvalue weighted by Gasteiger charge is -2.34. The molecule has 0 saturated carbocycles. The van der Waals surface area contributed by atoms with Gasteiger partial charge in [0.1, 0.15) is 6.33 Å². The Bertz CT molecular complexity index is 1140. The summed E-state index contributed by atoms with van der Waals surface area (Å²) in [7, 11) is -3.53. The molecule has 0 aliphatic carbocycles. The number of hydrogen-bond donors (Lipinski definition) is 1. The van der Waals surface area contributed by atoms with Crippen LogP contribution in [0.4, 0.5) is 5.69 Å². The average molecular weight is 442 g/mol. The Balaban J connectivity index is 1.31. The van der Waals surface area contributed by atoms with E-state index >= 15 is 0 Å². The summed E-state index contributed by atoms with van der Waals surface area (Å²) >= 11 is 0. The van der Waals surface area contributed by atoms with E-state index in [0.29, 0.717) is 13.1 Å². The Morgan fingerprint density at radius 3 is 2.45 bits per heavy atom. The molecule has 4 rings (SSSR count). The van der Waals surface area contributed by atoms with E-state index in [2.05, 4.69) is 20.8 Å². The molecule has 1 amide bonds. The number of sulfonamides is 1. The highest BCUT2D eigenvalue weighted by molar-refractivity contribution is 7.89. The fourth-order valence-electron chi connectivity index (χ4n) is 3.50. The van der Waals surface area contributed by atoms with Gasteiger partial charge in [0.05, 0.1) is 17.1 Å². The number of anilines is 1. The molecule has 2 heterocycles. The smallest absolute Gasteiger partial charge is 0.243 e. The Morgan fingerprint density at radius 2 is 1.81 bits per heavy atom. The van der Waals surface area contributed by atoms with E-state index in [1.165, 1.54) is 10.6 Å². The molecule has 1 saturated heterocycles. The second kappa shape index (κ2) is 8.82. The van der Waals surface area contributed by atoms with E-state index in [1.54, 1.807) is 39.9 Å². The zero-order chi connectivity index (χ0) is 21.8. The first kappa shape index (κ1) is 20.9. The third-order valence-electron chi connectivity index (χ3n) is 5.21. The third-order valence-corrected chi connectivity index (χ3v) is 7.12. The average Bonchev–Trinajstić information content (AvgIpc) is 3.33. The lowest BCUT2D eigenvalue weighted by atomic mass is 10.2. The van der Waals surface area contributed by atoms with Crippen LogP contribution in [0.2, 0.25) is 0 Å². The quantitative estimate of drug-likeness (QED) is 0.605. The molecule has 0 radical (unpaired) electrons. The third kappa shape index (κ3) is 4.57. The molecule has 1 aliphatic rings. The number of nitrogens with zero attached hydrogens (tertiary/aromatic N) is 6. The van der Waals surface area contributed by atoms with Gasteiger partial charge in [-0.25, -0.2) is 13.1 Å². The van der Waals surface area contributed by atoms with Crippen molar-refractivity contribution in [1.82, 2.24) is 29.4 Å². The van der Waals surface area contributed by atoms with E-state index in [1.807, 2.05) is 25.1 Å². The van der Waals surface area contributed by atoms with Crippen molar-refractivity contribution in [3.63, 3.8) is 0 Å². The highest BCUT2D eigenvalue weighted by atomic mass is 32.2. The van der Waals surface area contributed by atoms with Gasteiger partial charge >= 0.3 is 0 Å². The van der Waals surface area contributed by atoms with Crippen molar-refractivity contribution in [2.45, 2.75) is 11.8 Å². The second-order valence-corrected chi connectivity index (χ2v) is 9.15. The van der Waals surface area contributed by atoms with Gasteiger partial charge in [-0.15, -0.1) is 5.10 Å². The molecule has 1 N–H and O–H groups in total. The van der Waals surface area contributed by atoms with Gasteiger partial charge in [0, 0.05) is 31.9 Å². The molecular formula is C20H23N7O3S. The summed E-state index contributed by atoms with van der Waals surface area (Å²) in [5.41, 5.74) is 2.63. The number of tetrazole rings is 1. The molecule has 0 unspecified atom stereocenters. The van der Waals surface area contributed by atoms with Crippen LogP contribution in [0.25, 0.3) is 5.69 Å². The molecule has 162 valence electrons. The molecule has 3 aromatic rings. The van der Waals surface area contributed by atoms with E-state index in [4.69, 9.17) is 0 Å². The number of piperazine rings is 1. The number of hydrogen-bond acceptors (Lipinski definition) is 7. The van der Waals surface area contributed by atoms with Gasteiger partial charge in [-0.05, 0) is 53.2 Å². The maximum Gasteiger partial charge on any atom is 0.243 e. The number of carbonyl (C=O) groups is 1. The van der Waals surface area contributed by atoms with Crippen molar-refractivity contribution in [2.24, 2.45) is 0 Å². The Kier molecular flexibility index (Phi) is 5.96. The Hall–Kier alpha value is -3.31. The second-order valence-electron chi connectivity index (χ2n) is 7.21. The van der Waals surface area contributed by atoms with Crippen LogP contribution >= 0.6 is 0 Å². The van der Waals surface area contributed by atoms with Gasteiger partial charge in [-0.1, -0.05) is 18.2 Å². The Morgan fingerprint density at radius 1 is 1.06 bits per heavy atom. The van der Waals surface area contributed by atoms with Crippen LogP contribution in [0.1, 0.15) is 5.56 Å². The van der Waals surface area contributed by atoms with Crippen molar-refractivity contribution in [2.75, 3.05) is 38.0 Å². The summed E-state index contributed by atoms with van der Waals surface area (Å²) in [5, 5.41) is 14.3. The summed E-state index contributed by atoms with van der Waals surface area (Å²) in [5.74, 6) is -0.0704. The highest BCUT2D eigenvalue weighted by Gasteiger charge is 2.29. The lowest BCUT2D eigenvalue weighted by Crippen LogP contribution is -2.51. The molecule has 1 fully saturated rings. The first-order chi connectivity index (χ1) is 14.9. The predicted octanol–water partition coefficient (Wildman–Crippen LogP) is 0.916. The van der Waals surface area contributed by atoms with E-state index in [0.717, 1.165) is 16.9 Å². The zero-order valence-electron chi connectivity index (χ0n) is 17.0. The summed E-state index contributed by atoms with van der Waals surface area (Å²) < 4.78 is 28.4. The molecular weight excluding hydrogens is 418 g/mol. The number of amides is 1. The maximum atomic E-state index is 12.7. The number of rotatable bonds is 6. The normalized spacial score (nSPS) is 15.1. The number of aryl methyl sites for hydroxylation is 1. The van der Waals surface area contributed by atoms with Crippen LogP contribution in [0.5, 0.6) is 0 Å². The van der Waals surface area contributed by atoms with Crippen LogP contribution in [0.15, 0.2) is 59.8 Å². The molecule has 0 atom stereocenters. The van der Waals surface area contributed by atoms with Crippen molar-refractivity contribution in [3.8, 4) is 5.69 Å². The number of benzene rings is 2. The molecule has 2 aromatic carbocycles. The summed E-state index contributed by atoms with van der Waals surface area (Å²) in [6.07, 6.45) is 1.52. The molecule has 11 heteroatoms. The van der Waals surface area contributed by atoms with Crippen molar-refractivity contribution >= 4 is 21.6 Å². The lowest BCUT2D eigenvalue weighted by molar-refractivity contribution is -0.130. The number of carbonyl (C=O) groups excluding carboxylic acids is 1. The number of nitrogens with one attached hydrogen (secondary N) is 1. The van der Waals surface area contributed by atoms with Gasteiger partial charge in [0.2, 0.25) is 15.9 Å². The number of aromatic nitrogens is 4. The van der Waals surface area contributed by atoms with Gasteiger partial charge in [0.15, 0.2) is 0 Å². The van der Waals surface area contributed by atoms with Gasteiger partial charge in [-0.2, -0.15) is 4.31 Å². The van der Waals surface area contributed by atoms with Gasteiger partial charge in [0.25, 0.3) is 0 Å². The summed E-state index contributed by atoms with van der Waals surface area (Å²) in [6.45, 7) is 3.37. The molecule has 10 nitrogen and oxygen atoms in total. The SMILES string of the molecule is Cc1cc(NCC(=O)N2CCN(S(=O)(=O)c3ccccc3)CC2)ccc1-n1cnnn1. The van der Waals surface area contributed by atoms with E-state index < -0.39 is 10.0 Å². The zero-order valence-corrected chi connectivity index (χ0v) is 17.9. The molecule has 1 aliphatic heterocycles. The van der Waals surface area contributed by atoms with Crippen LogP contribution in [-0.2, 0) is 14.8 Å². The molecule has 0 bridgehead atoms. The minimum Gasteiger partial charge on any atom is -0.376 e. The fourth-order valence-corrected chi connectivity index (χ4v) is 4.95. The highest BCUT2D eigenvalue weighted by Crippen LogP contribution is 2.19. The molecule has 1 aromatic heterocycles. The summed E-state index contributed by atoms with van der Waals surface area (Å²) in [6, 6.07) is 14.0. The van der Waals surface area contributed by atoms with E-state index in [-0.39, 0.29) is 30.4 Å². The van der Waals surface area contributed by atoms with Crippen LogP contribution in [-0.4, -0.2) is 76.5 Å². The Labute approximate surface area is 180 Å². The minimum atomic E-state index is -3.53. The van der Waals surface area contributed by atoms with Gasteiger partial charge < -0.3 is 10.2 Å². The van der Waals surface area contributed by atoms with Crippen LogP contribution in [0.3, 0.4) is 0 Å². The topological polar surface area (TPSA) is 113 Å². The minimum absolute atomic E-state index is 0.0704. The first-order valence-electron chi connectivity index (χ1n) is 9.86. The van der Waals surface area contributed by atoms with Crippen molar-refractivity contribution in [1.29, 1.82) is 0 Å². The summed E-state index contributed by atoms with van der Waals surface area (Å²) in [4.78, 5) is 14.6.